The zero-order valence-electron chi connectivity index (χ0n) is 20.3. The number of aromatic nitrogens is 5. The number of nitrogen functional groups attached to an aromatic ring is 1. The van der Waals surface area contributed by atoms with Crippen LogP contribution in [0, 0.1) is 5.41 Å². The van der Waals surface area contributed by atoms with Gasteiger partial charge in [-0.25, -0.2) is 15.0 Å². The van der Waals surface area contributed by atoms with Crippen LogP contribution in [0.4, 0.5) is 10.9 Å². The number of rotatable bonds is 5. The molecule has 0 aliphatic carbocycles. The highest BCUT2D eigenvalue weighted by Gasteiger charge is 2.44. The van der Waals surface area contributed by atoms with Crippen LogP contribution in [0.25, 0.3) is 16.8 Å². The number of hydrogen-bond donors (Lipinski definition) is 2. The Labute approximate surface area is 216 Å². The Hall–Kier alpha value is -3.90. The molecular weight excluding hydrogens is 492 g/mol. The molecule has 1 aromatic carbocycles. The van der Waals surface area contributed by atoms with Crippen molar-refractivity contribution < 1.29 is 14.3 Å². The topological polar surface area (TPSA) is 141 Å². The molecule has 3 N–H and O–H groups in total. The number of imidazole rings is 1. The zero-order valence-corrected chi connectivity index (χ0v) is 21.1. The lowest BCUT2D eigenvalue weighted by Crippen LogP contribution is -2.55. The van der Waals surface area contributed by atoms with Crippen molar-refractivity contribution in [1.82, 2.24) is 28.6 Å². The molecule has 12 heteroatoms. The number of carbonyl (C=O) groups is 2. The van der Waals surface area contributed by atoms with Gasteiger partial charge in [-0.15, -0.1) is 0 Å². The average Bonchev–Trinajstić information content (AvgIpc) is 3.56. The van der Waals surface area contributed by atoms with Gasteiger partial charge in [0.05, 0.1) is 18.6 Å². The van der Waals surface area contributed by atoms with E-state index in [0.717, 1.165) is 42.3 Å². The first kappa shape index (κ1) is 23.5. The molecule has 11 nitrogen and oxygen atoms in total. The number of likely N-dealkylation sites (tertiary alicyclic amines) is 1. The Kier molecular flexibility index (Phi) is 5.84. The second-order valence-electron chi connectivity index (χ2n) is 9.77. The van der Waals surface area contributed by atoms with E-state index in [1.807, 2.05) is 34.6 Å². The number of carbonyl (C=O) groups excluding carboxylic acids is 2. The molecule has 2 aliphatic heterocycles. The van der Waals surface area contributed by atoms with Crippen LogP contribution in [0.3, 0.4) is 0 Å². The number of nitrogens with zero attached hydrogens (tertiary/aromatic N) is 6. The highest BCUT2D eigenvalue weighted by Crippen LogP contribution is 2.36. The van der Waals surface area contributed by atoms with E-state index in [1.54, 1.807) is 18.3 Å². The van der Waals surface area contributed by atoms with Crippen LogP contribution in [0.15, 0.2) is 43.0 Å². The van der Waals surface area contributed by atoms with E-state index in [1.165, 1.54) is 6.33 Å². The van der Waals surface area contributed by atoms with Crippen molar-refractivity contribution in [3.05, 3.63) is 54.4 Å². The van der Waals surface area contributed by atoms with Crippen molar-refractivity contribution >= 4 is 39.8 Å². The zero-order chi connectivity index (χ0) is 25.6. The molecule has 0 unspecified atom stereocenters. The van der Waals surface area contributed by atoms with Gasteiger partial charge in [-0.3, -0.25) is 19.3 Å². The maximum Gasteiger partial charge on any atom is 0.257 e. The quantitative estimate of drug-likeness (QED) is 0.411. The second kappa shape index (κ2) is 9.20. The highest BCUT2D eigenvalue weighted by molar-refractivity contribution is 7.09. The third-order valence-corrected chi connectivity index (χ3v) is 7.62. The number of anilines is 2. The molecule has 2 fully saturated rings. The van der Waals surface area contributed by atoms with E-state index in [0.29, 0.717) is 47.5 Å². The number of ether oxygens (including phenoxy) is 1. The molecule has 190 valence electrons. The number of nitrogens with two attached hydrogens (primary N) is 1. The summed E-state index contributed by atoms with van der Waals surface area (Å²) >= 11 is 1.12. The number of amides is 2. The van der Waals surface area contributed by atoms with Crippen LogP contribution in [0.5, 0.6) is 0 Å². The summed E-state index contributed by atoms with van der Waals surface area (Å²) in [5.41, 5.74) is 8.61. The lowest BCUT2D eigenvalue weighted by molar-refractivity contribution is -0.169. The fourth-order valence-electron chi connectivity index (χ4n) is 5.04. The van der Waals surface area contributed by atoms with Crippen molar-refractivity contribution in [3.63, 3.8) is 0 Å². The van der Waals surface area contributed by atoms with E-state index in [-0.39, 0.29) is 17.7 Å². The number of benzene rings is 1. The Morgan fingerprint density at radius 3 is 2.73 bits per heavy atom. The molecule has 0 radical (unpaired) electrons. The van der Waals surface area contributed by atoms with Gasteiger partial charge in [-0.1, -0.05) is 12.1 Å². The highest BCUT2D eigenvalue weighted by atomic mass is 32.1. The molecule has 0 spiro atoms. The fraction of sp³-hybridized carbons (Fsp3) is 0.360. The minimum atomic E-state index is -0.430. The van der Waals surface area contributed by atoms with Gasteiger partial charge < -0.3 is 15.4 Å². The summed E-state index contributed by atoms with van der Waals surface area (Å²) in [6.07, 6.45) is 6.74. The molecule has 6 rings (SSSR count). The van der Waals surface area contributed by atoms with E-state index < -0.39 is 5.41 Å². The van der Waals surface area contributed by atoms with E-state index in [2.05, 4.69) is 19.7 Å². The molecule has 2 amide bonds. The van der Waals surface area contributed by atoms with Crippen molar-refractivity contribution in [3.8, 4) is 11.3 Å². The molecule has 0 saturated carbocycles. The van der Waals surface area contributed by atoms with Gasteiger partial charge in [0, 0.05) is 54.1 Å². The van der Waals surface area contributed by atoms with E-state index in [4.69, 9.17) is 15.5 Å². The smallest absolute Gasteiger partial charge is 0.257 e. The average molecular weight is 519 g/mol. The normalized spacial score (nSPS) is 18.9. The minimum absolute atomic E-state index is 0.0577. The molecule has 5 heterocycles. The lowest BCUT2D eigenvalue weighted by Gasteiger charge is -2.42. The molecule has 2 saturated heterocycles. The van der Waals surface area contributed by atoms with Crippen molar-refractivity contribution in [2.45, 2.75) is 25.7 Å². The van der Waals surface area contributed by atoms with Gasteiger partial charge in [0.15, 0.2) is 0 Å². The predicted octanol–water partition coefficient (Wildman–Crippen LogP) is 2.82. The van der Waals surface area contributed by atoms with Crippen molar-refractivity contribution in [2.24, 2.45) is 5.41 Å². The third kappa shape index (κ3) is 4.21. The number of hydrogen-bond acceptors (Lipinski definition) is 9. The predicted molar refractivity (Wildman–Crippen MR) is 138 cm³/mol. The van der Waals surface area contributed by atoms with Gasteiger partial charge in [0.1, 0.15) is 29.2 Å². The molecule has 4 aromatic rings. The molecule has 37 heavy (non-hydrogen) atoms. The second-order valence-corrected chi connectivity index (χ2v) is 10.6. The standard InChI is InChI=1S/C25H26N8O3S/c1-25(12-36-13-25)23(35)32-9-2-3-17(11-32)21-30-18(19-20(26)27-8-10-33(19)21)15-4-6-16(7-5-15)22(34)31-24-28-14-29-37-24/h4-8,10,14,17H,2-3,9,11-13H2,1H3,(H2,26,27)(H,28,29,31,34)/t17-/m1/s1. The van der Waals surface area contributed by atoms with Gasteiger partial charge >= 0.3 is 0 Å². The Morgan fingerprint density at radius 2 is 2.03 bits per heavy atom. The fourth-order valence-corrected chi connectivity index (χ4v) is 5.47. The van der Waals surface area contributed by atoms with Gasteiger partial charge in [0.2, 0.25) is 11.0 Å². The molecular formula is C25H26N8O3S. The Balaban J connectivity index is 1.30. The van der Waals surface area contributed by atoms with E-state index >= 15 is 0 Å². The molecule has 1 atom stereocenters. The molecule has 0 bridgehead atoms. The number of piperidine rings is 1. The summed E-state index contributed by atoms with van der Waals surface area (Å²) in [6.45, 7) is 4.25. The first-order valence-corrected chi connectivity index (χ1v) is 12.9. The summed E-state index contributed by atoms with van der Waals surface area (Å²) in [7, 11) is 0. The van der Waals surface area contributed by atoms with E-state index in [9.17, 15) is 9.59 Å². The maximum absolute atomic E-state index is 13.2. The van der Waals surface area contributed by atoms with Crippen LogP contribution in [-0.4, -0.2) is 66.7 Å². The van der Waals surface area contributed by atoms with Crippen LogP contribution in [0.2, 0.25) is 0 Å². The number of nitrogens with one attached hydrogen (secondary N) is 1. The summed E-state index contributed by atoms with van der Waals surface area (Å²) in [5.74, 6) is 1.16. The van der Waals surface area contributed by atoms with Crippen molar-refractivity contribution in [2.75, 3.05) is 37.4 Å². The van der Waals surface area contributed by atoms with Crippen molar-refractivity contribution in [1.29, 1.82) is 0 Å². The van der Waals surface area contributed by atoms with Crippen LogP contribution >= 0.6 is 11.5 Å². The van der Waals surface area contributed by atoms with Crippen LogP contribution in [-0.2, 0) is 9.53 Å². The lowest BCUT2D eigenvalue weighted by atomic mass is 9.85. The monoisotopic (exact) mass is 518 g/mol. The Bertz CT molecular complexity index is 1460. The first-order chi connectivity index (χ1) is 17.9. The SMILES string of the molecule is CC1(C(=O)N2CCC[C@@H](c3nc(-c4ccc(C(=O)Nc5ncns5)cc4)c4c(N)nccn34)C2)COC1. The van der Waals surface area contributed by atoms with Crippen LogP contribution in [0.1, 0.15) is 41.9 Å². The minimum Gasteiger partial charge on any atom is -0.382 e. The summed E-state index contributed by atoms with van der Waals surface area (Å²) in [6, 6.07) is 7.18. The van der Waals surface area contributed by atoms with Gasteiger partial charge in [-0.05, 0) is 31.9 Å². The summed E-state index contributed by atoms with van der Waals surface area (Å²) in [5, 5.41) is 3.17. The summed E-state index contributed by atoms with van der Waals surface area (Å²) < 4.78 is 11.2. The van der Waals surface area contributed by atoms with Gasteiger partial charge in [-0.2, -0.15) is 4.37 Å². The third-order valence-electron chi connectivity index (χ3n) is 7.04. The first-order valence-electron chi connectivity index (χ1n) is 12.1. The maximum atomic E-state index is 13.2. The van der Waals surface area contributed by atoms with Gasteiger partial charge in [0.25, 0.3) is 5.91 Å². The Morgan fingerprint density at radius 1 is 1.22 bits per heavy atom. The molecule has 2 aliphatic rings. The number of fused-ring (bicyclic) bond motifs is 1. The summed E-state index contributed by atoms with van der Waals surface area (Å²) in [4.78, 5) is 41.0. The largest absolute Gasteiger partial charge is 0.382 e. The van der Waals surface area contributed by atoms with Crippen LogP contribution < -0.4 is 11.1 Å². The molecule has 3 aromatic heterocycles.